The zero-order valence-corrected chi connectivity index (χ0v) is 18.5. The Balaban J connectivity index is 1.70. The fourth-order valence-corrected chi connectivity index (χ4v) is 4.44. The molecule has 1 saturated heterocycles. The summed E-state index contributed by atoms with van der Waals surface area (Å²) in [5.74, 6) is -2.20. The molecule has 1 heterocycles. The van der Waals surface area contributed by atoms with Crippen molar-refractivity contribution in [3.63, 3.8) is 0 Å². The van der Waals surface area contributed by atoms with Crippen molar-refractivity contribution in [1.29, 1.82) is 0 Å². The van der Waals surface area contributed by atoms with Crippen LogP contribution in [0.3, 0.4) is 0 Å². The zero-order chi connectivity index (χ0) is 23.8. The number of anilines is 1. The number of rotatable bonds is 4. The Morgan fingerprint density at radius 3 is 2.24 bits per heavy atom. The normalized spacial score (nSPS) is 17.5. The van der Waals surface area contributed by atoms with Gasteiger partial charge in [-0.2, -0.15) is 0 Å². The third-order valence-electron chi connectivity index (χ3n) is 6.28. The summed E-state index contributed by atoms with van der Waals surface area (Å²) in [5.41, 5.74) is 2.57. The quantitative estimate of drug-likeness (QED) is 0.229. The third-order valence-corrected chi connectivity index (χ3v) is 6.28. The fourth-order valence-electron chi connectivity index (χ4n) is 4.44. The molecule has 5 rings (SSSR count). The number of hydrogen-bond donors (Lipinski definition) is 1. The minimum atomic E-state index is -0.889. The van der Waals surface area contributed by atoms with E-state index in [4.69, 9.17) is 0 Å². The van der Waals surface area contributed by atoms with E-state index in [0.717, 1.165) is 22.8 Å². The van der Waals surface area contributed by atoms with Crippen LogP contribution in [0, 0.1) is 5.82 Å². The van der Waals surface area contributed by atoms with Crippen molar-refractivity contribution < 1.29 is 19.1 Å². The number of hydrogen-bond acceptors (Lipinski definition) is 3. The van der Waals surface area contributed by atoms with Crippen LogP contribution in [0.25, 0.3) is 16.5 Å². The number of benzene rings is 4. The highest BCUT2D eigenvalue weighted by atomic mass is 19.1. The van der Waals surface area contributed by atoms with E-state index in [0.29, 0.717) is 16.8 Å². The second-order valence-electron chi connectivity index (χ2n) is 8.30. The Hall–Kier alpha value is -4.25. The molecule has 0 bridgehead atoms. The van der Waals surface area contributed by atoms with Gasteiger partial charge in [0, 0.05) is 11.3 Å². The maximum atomic E-state index is 13.7. The maximum absolute atomic E-state index is 13.7. The molecule has 1 fully saturated rings. The van der Waals surface area contributed by atoms with Gasteiger partial charge in [0.1, 0.15) is 11.6 Å². The van der Waals surface area contributed by atoms with Gasteiger partial charge in [0.05, 0.1) is 11.6 Å². The molecule has 0 aliphatic carbocycles. The van der Waals surface area contributed by atoms with E-state index in [2.05, 4.69) is 0 Å². The molecule has 0 saturated carbocycles. The van der Waals surface area contributed by atoms with Crippen molar-refractivity contribution in [2.24, 2.45) is 0 Å². The largest absolute Gasteiger partial charge is 0.507 e. The minimum Gasteiger partial charge on any atom is -0.507 e. The van der Waals surface area contributed by atoms with Gasteiger partial charge in [0.15, 0.2) is 0 Å². The molecule has 1 N–H and O–H groups in total. The van der Waals surface area contributed by atoms with E-state index >= 15 is 0 Å². The van der Waals surface area contributed by atoms with E-state index < -0.39 is 23.5 Å². The lowest BCUT2D eigenvalue weighted by Gasteiger charge is -2.25. The van der Waals surface area contributed by atoms with Gasteiger partial charge in [-0.25, -0.2) is 4.39 Å². The van der Waals surface area contributed by atoms with E-state index in [1.54, 1.807) is 24.3 Å². The number of aryl methyl sites for hydroxylation is 1. The number of carbonyl (C=O) groups excluding carboxylic acids is 2. The number of nitrogens with zero attached hydrogens (tertiary/aromatic N) is 1. The molecule has 1 aliphatic rings. The number of carbonyl (C=O) groups is 2. The van der Waals surface area contributed by atoms with Crippen LogP contribution >= 0.6 is 0 Å². The molecule has 34 heavy (non-hydrogen) atoms. The molecule has 0 spiro atoms. The Labute approximate surface area is 196 Å². The van der Waals surface area contributed by atoms with Crippen molar-refractivity contribution in [3.05, 3.63) is 119 Å². The molecule has 5 heteroatoms. The van der Waals surface area contributed by atoms with E-state index in [1.165, 1.54) is 29.2 Å². The highest BCUT2D eigenvalue weighted by molar-refractivity contribution is 6.51. The van der Waals surface area contributed by atoms with Crippen LogP contribution in [0.2, 0.25) is 0 Å². The summed E-state index contributed by atoms with van der Waals surface area (Å²) in [6, 6.07) is 25.2. The third kappa shape index (κ3) is 3.65. The van der Waals surface area contributed by atoms with Crippen molar-refractivity contribution in [2.45, 2.75) is 19.4 Å². The number of ketones is 1. The zero-order valence-electron chi connectivity index (χ0n) is 18.5. The van der Waals surface area contributed by atoms with Gasteiger partial charge in [-0.3, -0.25) is 14.5 Å². The first-order chi connectivity index (χ1) is 16.5. The monoisotopic (exact) mass is 451 g/mol. The number of fused-ring (bicyclic) bond motifs is 1. The molecule has 0 radical (unpaired) electrons. The summed E-state index contributed by atoms with van der Waals surface area (Å²) in [7, 11) is 0. The van der Waals surface area contributed by atoms with Crippen LogP contribution in [-0.2, 0) is 16.0 Å². The summed E-state index contributed by atoms with van der Waals surface area (Å²) in [6.45, 7) is 2.03. The summed E-state index contributed by atoms with van der Waals surface area (Å²) in [6.07, 6.45) is 0.836. The lowest BCUT2D eigenvalue weighted by molar-refractivity contribution is -0.132. The standard InChI is InChI=1S/C29H22FNO3/c1-2-18-7-15-24(16-8-18)31-26(20-11-13-23(30)14-12-20)25(28(33)29(31)34)27(32)22-10-9-19-5-3-4-6-21(19)17-22/h3-17,26,32H,2H2,1H3/b27-25-. The van der Waals surface area contributed by atoms with Crippen LogP contribution in [0.1, 0.15) is 29.7 Å². The first-order valence-corrected chi connectivity index (χ1v) is 11.1. The number of halogens is 1. The lowest BCUT2D eigenvalue weighted by atomic mass is 9.94. The van der Waals surface area contributed by atoms with Crippen LogP contribution in [0.4, 0.5) is 10.1 Å². The van der Waals surface area contributed by atoms with Crippen LogP contribution in [-0.4, -0.2) is 16.8 Å². The lowest BCUT2D eigenvalue weighted by Crippen LogP contribution is -2.29. The van der Waals surface area contributed by atoms with E-state index in [1.807, 2.05) is 49.4 Å². The number of amides is 1. The molecule has 168 valence electrons. The molecule has 1 amide bonds. The Bertz CT molecular complexity index is 1440. The van der Waals surface area contributed by atoms with Gasteiger partial charge in [0.2, 0.25) is 0 Å². The molecule has 4 aromatic carbocycles. The molecule has 4 aromatic rings. The molecule has 1 atom stereocenters. The van der Waals surface area contributed by atoms with E-state index in [-0.39, 0.29) is 11.3 Å². The van der Waals surface area contributed by atoms with Crippen molar-refractivity contribution in [1.82, 2.24) is 0 Å². The molecular weight excluding hydrogens is 429 g/mol. The van der Waals surface area contributed by atoms with Crippen LogP contribution < -0.4 is 4.90 Å². The SMILES string of the molecule is CCc1ccc(N2C(=O)C(=O)/C(=C(\O)c3ccc4ccccc4c3)C2c2ccc(F)cc2)cc1. The molecular formula is C29H22FNO3. The average molecular weight is 451 g/mol. The minimum absolute atomic E-state index is 0.0218. The van der Waals surface area contributed by atoms with E-state index in [9.17, 15) is 19.1 Å². The van der Waals surface area contributed by atoms with Gasteiger partial charge >= 0.3 is 0 Å². The Morgan fingerprint density at radius 2 is 1.56 bits per heavy atom. The van der Waals surface area contributed by atoms with Crippen molar-refractivity contribution in [3.8, 4) is 0 Å². The van der Waals surface area contributed by atoms with Gasteiger partial charge in [0.25, 0.3) is 11.7 Å². The summed E-state index contributed by atoms with van der Waals surface area (Å²) in [4.78, 5) is 27.9. The van der Waals surface area contributed by atoms with Gasteiger partial charge < -0.3 is 5.11 Å². The smallest absolute Gasteiger partial charge is 0.300 e. The molecule has 1 aliphatic heterocycles. The highest BCUT2D eigenvalue weighted by Gasteiger charge is 2.46. The first-order valence-electron chi connectivity index (χ1n) is 11.1. The average Bonchev–Trinajstić information content (AvgIpc) is 3.14. The summed E-state index contributed by atoms with van der Waals surface area (Å²) >= 11 is 0. The van der Waals surface area contributed by atoms with Crippen LogP contribution in [0.15, 0.2) is 96.6 Å². The molecule has 0 aromatic heterocycles. The second-order valence-corrected chi connectivity index (χ2v) is 8.30. The fraction of sp³-hybridized carbons (Fsp3) is 0.103. The molecule has 1 unspecified atom stereocenters. The van der Waals surface area contributed by atoms with Gasteiger partial charge in [-0.15, -0.1) is 0 Å². The number of Topliss-reactive ketones (excluding diaryl/α,β-unsaturated/α-hetero) is 1. The second kappa shape index (κ2) is 8.60. The Morgan fingerprint density at radius 1 is 0.882 bits per heavy atom. The number of aliphatic hydroxyl groups is 1. The topological polar surface area (TPSA) is 57.6 Å². The predicted molar refractivity (Wildman–Crippen MR) is 131 cm³/mol. The molecule has 4 nitrogen and oxygen atoms in total. The van der Waals surface area contributed by atoms with Gasteiger partial charge in [-0.05, 0) is 58.7 Å². The van der Waals surface area contributed by atoms with Gasteiger partial charge in [-0.1, -0.05) is 67.6 Å². The summed E-state index contributed by atoms with van der Waals surface area (Å²) in [5, 5.41) is 13.2. The predicted octanol–water partition coefficient (Wildman–Crippen LogP) is 6.17. The Kier molecular flexibility index (Phi) is 5.46. The van der Waals surface area contributed by atoms with Crippen LogP contribution in [0.5, 0.6) is 0 Å². The number of aliphatic hydroxyl groups excluding tert-OH is 1. The van der Waals surface area contributed by atoms with Crippen molar-refractivity contribution in [2.75, 3.05) is 4.90 Å². The maximum Gasteiger partial charge on any atom is 0.300 e. The first kappa shape index (κ1) is 21.6. The highest BCUT2D eigenvalue weighted by Crippen LogP contribution is 2.42. The summed E-state index contributed by atoms with van der Waals surface area (Å²) < 4.78 is 13.7. The van der Waals surface area contributed by atoms with Crippen molar-refractivity contribution >= 4 is 33.9 Å².